The Kier molecular flexibility index (Phi) is 5.89. The van der Waals surface area contributed by atoms with E-state index >= 15 is 0 Å². The first kappa shape index (κ1) is 15.8. The lowest BCUT2D eigenvalue weighted by molar-refractivity contribution is 0.102. The molecule has 0 aliphatic carbocycles. The number of hydrogen-bond acceptors (Lipinski definition) is 4. The first-order chi connectivity index (χ1) is 11.4. The third-order valence-corrected chi connectivity index (χ3v) is 3.54. The summed E-state index contributed by atoms with van der Waals surface area (Å²) in [6.07, 6.45) is 1.20. The molecule has 1 heterocycles. The number of hydrogen-bond donors (Lipinski definition) is 0. The van der Waals surface area contributed by atoms with Crippen LogP contribution in [0.3, 0.4) is 0 Å². The minimum Gasteiger partial charge on any atom is -0.491 e. The lowest BCUT2D eigenvalue weighted by Gasteiger charge is -2.09. The Morgan fingerprint density at radius 1 is 0.826 bits per heavy atom. The van der Waals surface area contributed by atoms with Crippen LogP contribution in [0.15, 0.2) is 54.6 Å². The van der Waals surface area contributed by atoms with Crippen molar-refractivity contribution in [1.29, 1.82) is 0 Å². The Morgan fingerprint density at radius 2 is 1.52 bits per heavy atom. The third-order valence-electron chi connectivity index (χ3n) is 3.54. The number of rotatable bonds is 10. The molecule has 3 rings (SSSR count). The van der Waals surface area contributed by atoms with Gasteiger partial charge in [0.1, 0.15) is 30.8 Å². The summed E-state index contributed by atoms with van der Waals surface area (Å²) in [5, 5.41) is 0. The predicted molar refractivity (Wildman–Crippen MR) is 88.1 cm³/mol. The molecule has 2 aromatic carbocycles. The summed E-state index contributed by atoms with van der Waals surface area (Å²) < 4.78 is 21.9. The molecule has 2 aromatic rings. The maximum Gasteiger partial charge on any atom is 0.119 e. The van der Waals surface area contributed by atoms with Gasteiger partial charge in [-0.05, 0) is 36.2 Å². The largest absolute Gasteiger partial charge is 0.491 e. The minimum absolute atomic E-state index is 0.277. The van der Waals surface area contributed by atoms with E-state index in [-0.39, 0.29) is 6.10 Å². The fraction of sp³-hybridized carbons (Fsp3) is 0.368. The predicted octanol–water partition coefficient (Wildman–Crippen LogP) is 3.10. The van der Waals surface area contributed by atoms with Crippen molar-refractivity contribution in [3.05, 3.63) is 60.2 Å². The van der Waals surface area contributed by atoms with E-state index in [4.69, 9.17) is 18.9 Å². The molecule has 0 amide bonds. The summed E-state index contributed by atoms with van der Waals surface area (Å²) in [4.78, 5) is 0. The first-order valence-corrected chi connectivity index (χ1v) is 7.99. The average molecular weight is 314 g/mol. The topological polar surface area (TPSA) is 40.2 Å². The Morgan fingerprint density at radius 3 is 2.22 bits per heavy atom. The van der Waals surface area contributed by atoms with Crippen LogP contribution in [0, 0.1) is 0 Å². The summed E-state index contributed by atoms with van der Waals surface area (Å²) in [5.74, 6) is 1.67. The van der Waals surface area contributed by atoms with Crippen LogP contribution >= 0.6 is 0 Å². The number of epoxide rings is 1. The summed E-state index contributed by atoms with van der Waals surface area (Å²) in [7, 11) is 0. The van der Waals surface area contributed by atoms with Crippen molar-refractivity contribution < 1.29 is 18.9 Å². The smallest absolute Gasteiger partial charge is 0.119 e. The zero-order valence-electron chi connectivity index (χ0n) is 13.1. The second-order valence-corrected chi connectivity index (χ2v) is 5.43. The van der Waals surface area contributed by atoms with Crippen LogP contribution in [0.5, 0.6) is 11.5 Å². The van der Waals surface area contributed by atoms with Gasteiger partial charge in [-0.15, -0.1) is 0 Å². The SMILES string of the molecule is c1ccc(CCOCCOc2ccc(OCC3CO3)cc2)cc1. The lowest BCUT2D eigenvalue weighted by Crippen LogP contribution is -2.08. The highest BCUT2D eigenvalue weighted by molar-refractivity contribution is 5.31. The summed E-state index contributed by atoms with van der Waals surface area (Å²) in [6.45, 7) is 3.28. The molecule has 0 aromatic heterocycles. The van der Waals surface area contributed by atoms with Gasteiger partial charge in [0, 0.05) is 0 Å². The highest BCUT2D eigenvalue weighted by Gasteiger charge is 2.22. The van der Waals surface area contributed by atoms with Crippen molar-refractivity contribution in [3.63, 3.8) is 0 Å². The maximum absolute atomic E-state index is 5.65. The van der Waals surface area contributed by atoms with Gasteiger partial charge in [0.25, 0.3) is 0 Å². The van der Waals surface area contributed by atoms with Gasteiger partial charge in [0.2, 0.25) is 0 Å². The molecule has 23 heavy (non-hydrogen) atoms. The van der Waals surface area contributed by atoms with E-state index in [1.54, 1.807) is 0 Å². The second-order valence-electron chi connectivity index (χ2n) is 5.43. The molecule has 1 fully saturated rings. The van der Waals surface area contributed by atoms with E-state index in [1.165, 1.54) is 5.56 Å². The molecule has 4 nitrogen and oxygen atoms in total. The average Bonchev–Trinajstić information content (AvgIpc) is 3.42. The van der Waals surface area contributed by atoms with Crippen LogP contribution in [0.2, 0.25) is 0 Å². The van der Waals surface area contributed by atoms with E-state index in [0.717, 1.165) is 24.5 Å². The van der Waals surface area contributed by atoms with E-state index < -0.39 is 0 Å². The zero-order valence-corrected chi connectivity index (χ0v) is 13.1. The maximum atomic E-state index is 5.65. The third kappa shape index (κ3) is 5.93. The van der Waals surface area contributed by atoms with Crippen molar-refractivity contribution >= 4 is 0 Å². The second kappa shape index (κ2) is 8.56. The van der Waals surface area contributed by atoms with Gasteiger partial charge >= 0.3 is 0 Å². The molecule has 0 bridgehead atoms. The standard InChI is InChI=1S/C19H22O4/c1-2-4-16(5-3-1)10-11-20-12-13-21-17-6-8-18(9-7-17)22-14-19-15-23-19/h1-9,19H,10-15H2. The number of ether oxygens (including phenoxy) is 4. The fourth-order valence-electron chi connectivity index (χ4n) is 2.14. The molecule has 0 saturated carbocycles. The molecule has 4 heteroatoms. The molecule has 1 unspecified atom stereocenters. The van der Waals surface area contributed by atoms with Crippen LogP contribution in [0.1, 0.15) is 5.56 Å². The summed E-state index contributed by atoms with van der Waals surface area (Å²) >= 11 is 0. The van der Waals surface area contributed by atoms with E-state index in [1.807, 2.05) is 42.5 Å². The van der Waals surface area contributed by atoms with Gasteiger partial charge in [0.05, 0.1) is 19.8 Å². The van der Waals surface area contributed by atoms with E-state index in [0.29, 0.717) is 26.4 Å². The fourth-order valence-corrected chi connectivity index (χ4v) is 2.14. The van der Waals surface area contributed by atoms with Crippen molar-refractivity contribution in [2.75, 3.05) is 33.0 Å². The Hall–Kier alpha value is -2.04. The van der Waals surface area contributed by atoms with Crippen molar-refractivity contribution in [2.45, 2.75) is 12.5 Å². The quantitative estimate of drug-likeness (QED) is 0.499. The molecular formula is C19H22O4. The molecule has 122 valence electrons. The summed E-state index contributed by atoms with van der Waals surface area (Å²) in [6, 6.07) is 18.0. The van der Waals surface area contributed by atoms with Crippen LogP contribution in [-0.2, 0) is 15.9 Å². The lowest BCUT2D eigenvalue weighted by atomic mass is 10.2. The van der Waals surface area contributed by atoms with E-state index in [2.05, 4.69) is 12.1 Å². The minimum atomic E-state index is 0.277. The highest BCUT2D eigenvalue weighted by Crippen LogP contribution is 2.19. The molecule has 1 saturated heterocycles. The molecule has 1 aliphatic rings. The van der Waals surface area contributed by atoms with Crippen LogP contribution in [-0.4, -0.2) is 39.1 Å². The number of benzene rings is 2. The van der Waals surface area contributed by atoms with Gasteiger partial charge in [-0.3, -0.25) is 0 Å². The van der Waals surface area contributed by atoms with Crippen LogP contribution < -0.4 is 9.47 Å². The van der Waals surface area contributed by atoms with Crippen molar-refractivity contribution in [1.82, 2.24) is 0 Å². The van der Waals surface area contributed by atoms with E-state index in [9.17, 15) is 0 Å². The van der Waals surface area contributed by atoms with Gasteiger partial charge in [-0.25, -0.2) is 0 Å². The van der Waals surface area contributed by atoms with Crippen LogP contribution in [0.4, 0.5) is 0 Å². The van der Waals surface area contributed by atoms with Crippen molar-refractivity contribution in [3.8, 4) is 11.5 Å². The van der Waals surface area contributed by atoms with Gasteiger partial charge in [-0.2, -0.15) is 0 Å². The Balaban J connectivity index is 1.26. The van der Waals surface area contributed by atoms with Gasteiger partial charge in [0.15, 0.2) is 0 Å². The summed E-state index contributed by atoms with van der Waals surface area (Å²) in [5.41, 5.74) is 1.29. The molecule has 0 spiro atoms. The normalized spacial score (nSPS) is 16.1. The molecule has 1 atom stereocenters. The molecule has 0 N–H and O–H groups in total. The highest BCUT2D eigenvalue weighted by atomic mass is 16.6. The Labute approximate surface area is 136 Å². The van der Waals surface area contributed by atoms with Gasteiger partial charge in [-0.1, -0.05) is 30.3 Å². The zero-order chi connectivity index (χ0) is 15.7. The van der Waals surface area contributed by atoms with Crippen LogP contribution in [0.25, 0.3) is 0 Å². The van der Waals surface area contributed by atoms with Gasteiger partial charge < -0.3 is 18.9 Å². The van der Waals surface area contributed by atoms with Crippen molar-refractivity contribution in [2.24, 2.45) is 0 Å². The molecule has 1 aliphatic heterocycles. The Bertz CT molecular complexity index is 564. The monoisotopic (exact) mass is 314 g/mol. The molecular weight excluding hydrogens is 292 g/mol. The first-order valence-electron chi connectivity index (χ1n) is 7.99. The molecule has 0 radical (unpaired) electrons.